The third kappa shape index (κ3) is 3.43. The summed E-state index contributed by atoms with van der Waals surface area (Å²) in [6.07, 6.45) is 4.60. The van der Waals surface area contributed by atoms with E-state index in [1.165, 1.54) is 39.1 Å². The van der Waals surface area contributed by atoms with Crippen molar-refractivity contribution in [2.45, 2.75) is 51.9 Å². The molecule has 1 unspecified atom stereocenters. The third-order valence-electron chi connectivity index (χ3n) is 6.03. The molecule has 1 heteroatoms. The van der Waals surface area contributed by atoms with Gasteiger partial charge in [-0.15, -0.1) is 0 Å². The Kier molecular flexibility index (Phi) is 4.42. The highest BCUT2D eigenvalue weighted by Gasteiger charge is 2.26. The standard InChI is InChI=1S/C26H30N/c1-18-13-20-14-21(19-9-7-6-8-10-19)15-22(20)16-24(18)25-12-11-23(17-27(25)5)26(2,3)4/h6-13,16-17,21H,14-15H2,1-5H3/q+1. The van der Waals surface area contributed by atoms with Crippen LogP contribution in [0.3, 0.4) is 0 Å². The summed E-state index contributed by atoms with van der Waals surface area (Å²) in [6, 6.07) is 20.4. The number of nitrogens with zero attached hydrogens (tertiary/aromatic N) is 1. The van der Waals surface area contributed by atoms with Crippen molar-refractivity contribution >= 4 is 0 Å². The lowest BCUT2D eigenvalue weighted by atomic mass is 9.87. The van der Waals surface area contributed by atoms with E-state index >= 15 is 0 Å². The monoisotopic (exact) mass is 356 g/mol. The van der Waals surface area contributed by atoms with Crippen LogP contribution in [0.5, 0.6) is 0 Å². The molecule has 0 bridgehead atoms. The Morgan fingerprint density at radius 2 is 1.56 bits per heavy atom. The molecule has 0 amide bonds. The topological polar surface area (TPSA) is 3.88 Å². The molecule has 3 aromatic rings. The average Bonchev–Trinajstić information content (AvgIpc) is 3.04. The van der Waals surface area contributed by atoms with E-state index in [-0.39, 0.29) is 5.41 Å². The predicted molar refractivity (Wildman–Crippen MR) is 113 cm³/mol. The summed E-state index contributed by atoms with van der Waals surface area (Å²) in [5, 5.41) is 0. The molecular weight excluding hydrogens is 326 g/mol. The van der Waals surface area contributed by atoms with Gasteiger partial charge in [-0.2, -0.15) is 0 Å². The molecule has 0 aliphatic heterocycles. The molecular formula is C26H30N+. The molecule has 0 fully saturated rings. The van der Waals surface area contributed by atoms with Gasteiger partial charge < -0.3 is 0 Å². The van der Waals surface area contributed by atoms with Crippen LogP contribution in [0.15, 0.2) is 60.8 Å². The molecule has 1 aliphatic carbocycles. The molecule has 1 nitrogen and oxygen atoms in total. The third-order valence-corrected chi connectivity index (χ3v) is 6.03. The minimum atomic E-state index is 0.173. The zero-order chi connectivity index (χ0) is 19.2. The van der Waals surface area contributed by atoms with Crippen LogP contribution in [0.4, 0.5) is 0 Å². The SMILES string of the molecule is Cc1cc2c(cc1-c1ccc(C(C)(C)C)c[n+]1C)CC(c1ccccc1)C2. The summed E-state index contributed by atoms with van der Waals surface area (Å²) < 4.78 is 2.29. The Morgan fingerprint density at radius 1 is 0.889 bits per heavy atom. The summed E-state index contributed by atoms with van der Waals surface area (Å²) in [5.41, 5.74) is 10.1. The van der Waals surface area contributed by atoms with Crippen LogP contribution in [-0.2, 0) is 25.3 Å². The smallest absolute Gasteiger partial charge is 0.201 e. The van der Waals surface area contributed by atoms with Crippen LogP contribution < -0.4 is 4.57 Å². The summed E-state index contributed by atoms with van der Waals surface area (Å²) in [4.78, 5) is 0. The van der Waals surface area contributed by atoms with Gasteiger partial charge in [0.2, 0.25) is 5.69 Å². The van der Waals surface area contributed by atoms with E-state index in [2.05, 4.69) is 100 Å². The fraction of sp³-hybridized carbons (Fsp3) is 0.346. The first kappa shape index (κ1) is 18.0. The Hall–Kier alpha value is -2.41. The van der Waals surface area contributed by atoms with Gasteiger partial charge in [-0.05, 0) is 65.5 Å². The molecule has 0 radical (unpaired) electrons. The molecule has 27 heavy (non-hydrogen) atoms. The predicted octanol–water partition coefficient (Wildman–Crippen LogP) is 5.67. The van der Waals surface area contributed by atoms with Gasteiger partial charge in [-0.3, -0.25) is 0 Å². The van der Waals surface area contributed by atoms with Gasteiger partial charge >= 0.3 is 0 Å². The number of aromatic nitrogens is 1. The van der Waals surface area contributed by atoms with Crippen molar-refractivity contribution in [2.24, 2.45) is 7.05 Å². The van der Waals surface area contributed by atoms with Crippen molar-refractivity contribution in [1.29, 1.82) is 0 Å². The Labute approximate surface area is 163 Å². The second-order valence-electron chi connectivity index (χ2n) is 9.12. The largest absolute Gasteiger partial charge is 0.212 e. The maximum absolute atomic E-state index is 2.44. The van der Waals surface area contributed by atoms with Crippen molar-refractivity contribution in [3.63, 3.8) is 0 Å². The van der Waals surface area contributed by atoms with E-state index in [1.807, 2.05) is 0 Å². The highest BCUT2D eigenvalue weighted by Crippen LogP contribution is 2.37. The van der Waals surface area contributed by atoms with E-state index < -0.39 is 0 Å². The zero-order valence-electron chi connectivity index (χ0n) is 17.2. The molecule has 4 rings (SSSR count). The maximum Gasteiger partial charge on any atom is 0.212 e. The van der Waals surface area contributed by atoms with Crippen LogP contribution in [0.1, 0.15) is 54.5 Å². The van der Waals surface area contributed by atoms with Gasteiger partial charge in [-0.25, -0.2) is 4.57 Å². The molecule has 1 atom stereocenters. The molecule has 0 spiro atoms. The quantitative estimate of drug-likeness (QED) is 0.521. The van der Waals surface area contributed by atoms with Crippen molar-refractivity contribution in [3.05, 3.63) is 88.6 Å². The Morgan fingerprint density at radius 3 is 2.19 bits per heavy atom. The Bertz CT molecular complexity index is 977. The average molecular weight is 357 g/mol. The van der Waals surface area contributed by atoms with Crippen LogP contribution in [-0.4, -0.2) is 0 Å². The normalized spacial score (nSPS) is 16.4. The fourth-order valence-electron chi connectivity index (χ4n) is 4.36. The number of hydrogen-bond donors (Lipinski definition) is 0. The Balaban J connectivity index is 1.70. The first-order valence-corrected chi connectivity index (χ1v) is 10.0. The first-order valence-electron chi connectivity index (χ1n) is 10.0. The lowest BCUT2D eigenvalue weighted by Crippen LogP contribution is -2.33. The maximum atomic E-state index is 2.44. The van der Waals surface area contributed by atoms with E-state index in [0.29, 0.717) is 5.92 Å². The van der Waals surface area contributed by atoms with Gasteiger partial charge in [0.15, 0.2) is 6.20 Å². The van der Waals surface area contributed by atoms with E-state index in [9.17, 15) is 0 Å². The number of aryl methyl sites for hydroxylation is 2. The highest BCUT2D eigenvalue weighted by molar-refractivity contribution is 5.64. The molecule has 0 saturated carbocycles. The molecule has 138 valence electrons. The van der Waals surface area contributed by atoms with Crippen molar-refractivity contribution in [2.75, 3.05) is 0 Å². The van der Waals surface area contributed by atoms with Gasteiger partial charge in [0.1, 0.15) is 7.05 Å². The van der Waals surface area contributed by atoms with E-state index in [4.69, 9.17) is 0 Å². The van der Waals surface area contributed by atoms with Crippen LogP contribution in [0, 0.1) is 6.92 Å². The second-order valence-corrected chi connectivity index (χ2v) is 9.12. The van der Waals surface area contributed by atoms with Gasteiger partial charge in [0.05, 0.1) is 0 Å². The second kappa shape index (κ2) is 6.64. The summed E-state index contributed by atoms with van der Waals surface area (Å²) in [6.45, 7) is 9.06. The summed E-state index contributed by atoms with van der Waals surface area (Å²) in [7, 11) is 2.17. The van der Waals surface area contributed by atoms with Gasteiger partial charge in [0, 0.05) is 17.2 Å². The molecule has 1 aliphatic rings. The molecule has 0 saturated heterocycles. The lowest BCUT2D eigenvalue weighted by molar-refractivity contribution is -0.661. The number of pyridine rings is 1. The van der Waals surface area contributed by atoms with Crippen LogP contribution in [0.2, 0.25) is 0 Å². The first-order chi connectivity index (χ1) is 12.8. The van der Waals surface area contributed by atoms with Crippen molar-refractivity contribution in [3.8, 4) is 11.3 Å². The van der Waals surface area contributed by atoms with E-state index in [0.717, 1.165) is 12.8 Å². The molecule has 0 N–H and O–H groups in total. The van der Waals surface area contributed by atoms with E-state index in [1.54, 1.807) is 0 Å². The minimum absolute atomic E-state index is 0.173. The number of fused-ring (bicyclic) bond motifs is 1. The van der Waals surface area contributed by atoms with Crippen LogP contribution in [0.25, 0.3) is 11.3 Å². The van der Waals surface area contributed by atoms with Crippen molar-refractivity contribution in [1.82, 2.24) is 0 Å². The van der Waals surface area contributed by atoms with Crippen molar-refractivity contribution < 1.29 is 4.57 Å². The summed E-state index contributed by atoms with van der Waals surface area (Å²) in [5.74, 6) is 0.618. The molecule has 2 aromatic carbocycles. The highest BCUT2D eigenvalue weighted by atomic mass is 14.9. The number of hydrogen-bond acceptors (Lipinski definition) is 0. The number of benzene rings is 2. The number of rotatable bonds is 2. The zero-order valence-corrected chi connectivity index (χ0v) is 17.2. The summed E-state index contributed by atoms with van der Waals surface area (Å²) >= 11 is 0. The molecule has 1 heterocycles. The van der Waals surface area contributed by atoms with Crippen LogP contribution >= 0.6 is 0 Å². The fourth-order valence-corrected chi connectivity index (χ4v) is 4.36. The minimum Gasteiger partial charge on any atom is -0.201 e. The van der Waals surface area contributed by atoms with Gasteiger partial charge in [0.25, 0.3) is 0 Å². The van der Waals surface area contributed by atoms with Gasteiger partial charge in [-0.1, -0.05) is 57.2 Å². The molecule has 1 aromatic heterocycles. The lowest BCUT2D eigenvalue weighted by Gasteiger charge is -2.17.